The summed E-state index contributed by atoms with van der Waals surface area (Å²) in [4.78, 5) is 5.12. The molecule has 0 spiro atoms. The van der Waals surface area contributed by atoms with Crippen LogP contribution in [-0.4, -0.2) is 23.9 Å². The number of nitrogens with zero attached hydrogens (tertiary/aromatic N) is 2. The molecule has 0 saturated heterocycles. The highest BCUT2D eigenvalue weighted by Gasteiger charge is 2.17. The van der Waals surface area contributed by atoms with Gasteiger partial charge < -0.3 is 15.0 Å². The second-order valence-electron chi connectivity index (χ2n) is 3.25. The van der Waals surface area contributed by atoms with Gasteiger partial charge in [0.05, 0.1) is 21.3 Å². The standard InChI is InChI=1S/C9H9Br2N3O2S/c1-15-3-5(12)8-13-9(16-14-8)6-2-4(10)7(11)17-6/h2,5H,3,12H2,1H3. The Bertz CT molecular complexity index is 495. The topological polar surface area (TPSA) is 74.2 Å². The first-order valence-corrected chi connectivity index (χ1v) is 7.05. The quantitative estimate of drug-likeness (QED) is 0.879. The minimum Gasteiger partial charge on any atom is -0.383 e. The molecule has 2 N–H and O–H groups in total. The van der Waals surface area contributed by atoms with Crippen LogP contribution in [0.25, 0.3) is 10.8 Å². The molecule has 1 unspecified atom stereocenters. The summed E-state index contributed by atoms with van der Waals surface area (Å²) >= 11 is 8.32. The van der Waals surface area contributed by atoms with Gasteiger partial charge in [-0.25, -0.2) is 0 Å². The monoisotopic (exact) mass is 381 g/mol. The molecule has 0 bridgehead atoms. The normalized spacial score (nSPS) is 12.9. The van der Waals surface area contributed by atoms with Crippen molar-refractivity contribution in [1.29, 1.82) is 0 Å². The summed E-state index contributed by atoms with van der Waals surface area (Å²) in [5, 5.41) is 3.83. The molecule has 0 aliphatic carbocycles. The van der Waals surface area contributed by atoms with Crippen molar-refractivity contribution >= 4 is 43.2 Å². The Kier molecular flexibility index (Phi) is 4.31. The number of hydrogen-bond acceptors (Lipinski definition) is 6. The second kappa shape index (κ2) is 5.57. The Labute approximate surface area is 119 Å². The van der Waals surface area contributed by atoms with Crippen LogP contribution < -0.4 is 5.73 Å². The first-order valence-electron chi connectivity index (χ1n) is 4.65. The Morgan fingerprint density at radius 3 is 2.94 bits per heavy atom. The van der Waals surface area contributed by atoms with Crippen LogP contribution in [0, 0.1) is 0 Å². The van der Waals surface area contributed by atoms with Crippen LogP contribution in [-0.2, 0) is 4.74 Å². The van der Waals surface area contributed by atoms with Crippen LogP contribution >= 0.6 is 43.2 Å². The molecule has 17 heavy (non-hydrogen) atoms. The van der Waals surface area contributed by atoms with Crippen molar-refractivity contribution < 1.29 is 9.26 Å². The smallest absolute Gasteiger partial charge is 0.268 e. The van der Waals surface area contributed by atoms with Crippen LogP contribution in [0.2, 0.25) is 0 Å². The molecule has 92 valence electrons. The van der Waals surface area contributed by atoms with Gasteiger partial charge in [0.1, 0.15) is 0 Å². The second-order valence-corrected chi connectivity index (χ2v) is 6.48. The number of aromatic nitrogens is 2. The lowest BCUT2D eigenvalue weighted by Crippen LogP contribution is -2.17. The number of rotatable bonds is 4. The van der Waals surface area contributed by atoms with Crippen molar-refractivity contribution in [2.24, 2.45) is 5.73 Å². The zero-order valence-electron chi connectivity index (χ0n) is 8.81. The van der Waals surface area contributed by atoms with E-state index in [0.717, 1.165) is 13.1 Å². The summed E-state index contributed by atoms with van der Waals surface area (Å²) in [5.74, 6) is 0.908. The minimum absolute atomic E-state index is 0.358. The molecule has 0 aliphatic heterocycles. The van der Waals surface area contributed by atoms with E-state index in [1.165, 1.54) is 11.3 Å². The van der Waals surface area contributed by atoms with Gasteiger partial charge >= 0.3 is 0 Å². The van der Waals surface area contributed by atoms with Gasteiger partial charge in [0, 0.05) is 11.6 Å². The summed E-state index contributed by atoms with van der Waals surface area (Å²) in [6.07, 6.45) is 0. The average Bonchev–Trinajstić information content (AvgIpc) is 2.87. The van der Waals surface area contributed by atoms with Crippen molar-refractivity contribution in [2.75, 3.05) is 13.7 Å². The summed E-state index contributed by atoms with van der Waals surface area (Å²) in [6, 6.07) is 1.54. The molecule has 2 aromatic heterocycles. The molecule has 2 aromatic rings. The van der Waals surface area contributed by atoms with Crippen molar-refractivity contribution in [3.8, 4) is 10.8 Å². The van der Waals surface area contributed by atoms with E-state index in [0.29, 0.717) is 18.3 Å². The maximum absolute atomic E-state index is 5.81. The van der Waals surface area contributed by atoms with Crippen LogP contribution in [0.3, 0.4) is 0 Å². The minimum atomic E-state index is -0.371. The first kappa shape index (κ1) is 13.2. The highest BCUT2D eigenvalue weighted by Crippen LogP contribution is 2.37. The van der Waals surface area contributed by atoms with Crippen molar-refractivity contribution in [1.82, 2.24) is 10.1 Å². The number of thiophene rings is 1. The Hall–Kier alpha value is -0.280. The highest BCUT2D eigenvalue weighted by molar-refractivity contribution is 9.13. The van der Waals surface area contributed by atoms with Gasteiger partial charge in [0.15, 0.2) is 5.82 Å². The molecule has 0 amide bonds. The molecule has 2 rings (SSSR count). The highest BCUT2D eigenvalue weighted by atomic mass is 79.9. The number of hydrogen-bond donors (Lipinski definition) is 1. The third-order valence-corrected chi connectivity index (χ3v) is 5.22. The molecule has 0 fully saturated rings. The lowest BCUT2D eigenvalue weighted by Gasteiger charge is -2.02. The van der Waals surface area contributed by atoms with Crippen LogP contribution in [0.5, 0.6) is 0 Å². The molecule has 1 atom stereocenters. The summed E-state index contributed by atoms with van der Waals surface area (Å²) in [7, 11) is 1.58. The summed E-state index contributed by atoms with van der Waals surface area (Å²) < 4.78 is 12.0. The molecule has 0 radical (unpaired) electrons. The predicted molar refractivity (Wildman–Crippen MR) is 71.8 cm³/mol. The average molecular weight is 383 g/mol. The van der Waals surface area contributed by atoms with Gasteiger partial charge in [-0.1, -0.05) is 5.16 Å². The molecule has 0 aliphatic rings. The zero-order valence-corrected chi connectivity index (χ0v) is 12.8. The van der Waals surface area contributed by atoms with E-state index in [1.54, 1.807) is 7.11 Å². The van der Waals surface area contributed by atoms with Gasteiger partial charge in [-0.15, -0.1) is 11.3 Å². The molecule has 0 saturated carbocycles. The van der Waals surface area contributed by atoms with Gasteiger partial charge in [-0.3, -0.25) is 0 Å². The molecule has 2 heterocycles. The fourth-order valence-corrected chi connectivity index (χ4v) is 3.15. The van der Waals surface area contributed by atoms with E-state index >= 15 is 0 Å². The lowest BCUT2D eigenvalue weighted by atomic mass is 10.3. The van der Waals surface area contributed by atoms with Crippen LogP contribution in [0.1, 0.15) is 11.9 Å². The van der Waals surface area contributed by atoms with E-state index in [2.05, 4.69) is 42.0 Å². The van der Waals surface area contributed by atoms with E-state index in [1.807, 2.05) is 6.07 Å². The van der Waals surface area contributed by atoms with Gasteiger partial charge in [-0.05, 0) is 37.9 Å². The van der Waals surface area contributed by atoms with Crippen molar-refractivity contribution in [3.63, 3.8) is 0 Å². The molecular weight excluding hydrogens is 374 g/mol. The maximum Gasteiger partial charge on any atom is 0.268 e. The number of halogens is 2. The Morgan fingerprint density at radius 1 is 1.59 bits per heavy atom. The Morgan fingerprint density at radius 2 is 2.35 bits per heavy atom. The Balaban J connectivity index is 2.23. The van der Waals surface area contributed by atoms with E-state index in [-0.39, 0.29) is 6.04 Å². The van der Waals surface area contributed by atoms with Crippen LogP contribution in [0.15, 0.2) is 18.8 Å². The van der Waals surface area contributed by atoms with Crippen LogP contribution in [0.4, 0.5) is 0 Å². The van der Waals surface area contributed by atoms with E-state index in [4.69, 9.17) is 15.0 Å². The van der Waals surface area contributed by atoms with Gasteiger partial charge in [0.25, 0.3) is 5.89 Å². The fraction of sp³-hybridized carbons (Fsp3) is 0.333. The molecule has 8 heteroatoms. The summed E-state index contributed by atoms with van der Waals surface area (Å²) in [6.45, 7) is 0.358. The third kappa shape index (κ3) is 2.94. The van der Waals surface area contributed by atoms with E-state index < -0.39 is 0 Å². The first-order chi connectivity index (χ1) is 8.11. The zero-order chi connectivity index (χ0) is 12.4. The van der Waals surface area contributed by atoms with Crippen molar-refractivity contribution in [3.05, 3.63) is 20.1 Å². The summed E-state index contributed by atoms with van der Waals surface area (Å²) in [5.41, 5.74) is 5.81. The molecular formula is C9H9Br2N3O2S. The number of methoxy groups -OCH3 is 1. The van der Waals surface area contributed by atoms with E-state index in [9.17, 15) is 0 Å². The third-order valence-electron chi connectivity index (χ3n) is 1.98. The fourth-order valence-electron chi connectivity index (χ4n) is 1.19. The largest absolute Gasteiger partial charge is 0.383 e. The number of ether oxygens (including phenoxy) is 1. The lowest BCUT2D eigenvalue weighted by molar-refractivity contribution is 0.177. The molecule has 5 nitrogen and oxygen atoms in total. The predicted octanol–water partition coefficient (Wildman–Crippen LogP) is 2.97. The maximum atomic E-state index is 5.81. The van der Waals surface area contributed by atoms with Crippen molar-refractivity contribution in [2.45, 2.75) is 6.04 Å². The SMILES string of the molecule is COCC(N)c1noc(-c2cc(Br)c(Br)s2)n1. The molecule has 0 aromatic carbocycles. The van der Waals surface area contributed by atoms with Gasteiger partial charge in [0.2, 0.25) is 0 Å². The van der Waals surface area contributed by atoms with Gasteiger partial charge in [-0.2, -0.15) is 4.98 Å². The number of nitrogens with two attached hydrogens (primary N) is 1.